The molecule has 0 radical (unpaired) electrons. The molecule has 0 heterocycles. The van der Waals surface area contributed by atoms with Crippen LogP contribution in [0.5, 0.6) is 0 Å². The highest BCUT2D eigenvalue weighted by Gasteiger charge is 2.38. The van der Waals surface area contributed by atoms with E-state index in [1.807, 2.05) is 0 Å². The topological polar surface area (TPSA) is 20.2 Å². The van der Waals surface area contributed by atoms with E-state index < -0.39 is 7.26 Å². The first-order chi connectivity index (χ1) is 4.45. The molecule has 0 amide bonds. The number of rotatable bonds is 3. The van der Waals surface area contributed by atoms with E-state index in [4.69, 9.17) is 0 Å². The molecule has 62 valence electrons. The highest BCUT2D eigenvalue weighted by atomic mass is 31.2. The lowest BCUT2D eigenvalue weighted by atomic mass is 10.5. The molecule has 0 spiro atoms. The van der Waals surface area contributed by atoms with Gasteiger partial charge in [0.1, 0.15) is 0 Å². The summed E-state index contributed by atoms with van der Waals surface area (Å²) in [6.45, 7) is 11.1. The van der Waals surface area contributed by atoms with Crippen molar-refractivity contribution in [1.82, 2.24) is 0 Å². The zero-order valence-electron chi connectivity index (χ0n) is 7.76. The molecule has 0 aromatic carbocycles. The van der Waals surface area contributed by atoms with Crippen LogP contribution >= 0.6 is 7.26 Å². The molecule has 0 saturated heterocycles. The summed E-state index contributed by atoms with van der Waals surface area (Å²) in [6, 6.07) is 0. The minimum atomic E-state index is -1.04. The normalized spacial score (nSPS) is 13.2. The molecule has 0 saturated carbocycles. The van der Waals surface area contributed by atoms with E-state index in [9.17, 15) is 5.11 Å². The van der Waals surface area contributed by atoms with Gasteiger partial charge < -0.3 is 5.11 Å². The smallest absolute Gasteiger partial charge is 0.154 e. The van der Waals surface area contributed by atoms with E-state index in [-0.39, 0.29) is 0 Å². The van der Waals surface area contributed by atoms with Crippen LogP contribution in [0.4, 0.5) is 0 Å². The van der Waals surface area contributed by atoms with Crippen LogP contribution in [0.2, 0.25) is 0 Å². The molecule has 0 bridgehead atoms. The first-order valence-corrected chi connectivity index (χ1v) is 6.47. The third-order valence-electron chi connectivity index (χ3n) is 2.66. The molecule has 0 aromatic heterocycles. The van der Waals surface area contributed by atoms with Gasteiger partial charge in [-0.3, -0.25) is 0 Å². The Kier molecular flexibility index (Phi) is 3.83. The molecule has 0 unspecified atom stereocenters. The monoisotopic (exact) mass is 163 g/mol. The van der Waals surface area contributed by atoms with Crippen molar-refractivity contribution in [2.45, 2.75) is 39.0 Å². The first-order valence-electron chi connectivity index (χ1n) is 3.91. The van der Waals surface area contributed by atoms with Gasteiger partial charge >= 0.3 is 0 Å². The van der Waals surface area contributed by atoms with Crippen molar-refractivity contribution in [2.75, 3.05) is 13.0 Å². The third kappa shape index (κ3) is 1.93. The van der Waals surface area contributed by atoms with Gasteiger partial charge in [-0.2, -0.15) is 0 Å². The van der Waals surface area contributed by atoms with E-state index in [2.05, 4.69) is 34.4 Å². The van der Waals surface area contributed by atoms with E-state index in [0.29, 0.717) is 17.7 Å². The van der Waals surface area contributed by atoms with Gasteiger partial charge in [-0.1, -0.05) is 0 Å². The van der Waals surface area contributed by atoms with Crippen molar-refractivity contribution in [3.63, 3.8) is 0 Å². The van der Waals surface area contributed by atoms with E-state index in [1.54, 1.807) is 0 Å². The van der Waals surface area contributed by atoms with Gasteiger partial charge in [0.05, 0.1) is 18.0 Å². The molecular weight excluding hydrogens is 143 g/mol. The summed E-state index contributed by atoms with van der Waals surface area (Å²) in [5, 5.41) is 9.18. The molecule has 2 heteroatoms. The molecule has 10 heavy (non-hydrogen) atoms. The molecule has 1 N–H and O–H groups in total. The van der Waals surface area contributed by atoms with Gasteiger partial charge in [0, 0.05) is 7.26 Å². The minimum Gasteiger partial charge on any atom is -0.362 e. The summed E-state index contributed by atoms with van der Waals surface area (Å²) in [4.78, 5) is 0. The summed E-state index contributed by atoms with van der Waals surface area (Å²) >= 11 is 0. The lowest BCUT2D eigenvalue weighted by Gasteiger charge is -2.28. The number of aliphatic hydroxyl groups excluding tert-OH is 1. The summed E-state index contributed by atoms with van der Waals surface area (Å²) in [5.74, 6) is 0. The van der Waals surface area contributed by atoms with Crippen LogP contribution in [0.3, 0.4) is 0 Å². The van der Waals surface area contributed by atoms with Crippen LogP contribution in [0.15, 0.2) is 0 Å². The second-order valence-corrected chi connectivity index (χ2v) is 8.72. The maximum absolute atomic E-state index is 9.18. The average molecular weight is 163 g/mol. The summed E-state index contributed by atoms with van der Waals surface area (Å²) < 4.78 is 0. The molecule has 0 aliphatic rings. The second kappa shape index (κ2) is 3.69. The van der Waals surface area contributed by atoms with Crippen LogP contribution in [-0.2, 0) is 0 Å². The van der Waals surface area contributed by atoms with Crippen molar-refractivity contribution in [3.05, 3.63) is 0 Å². The van der Waals surface area contributed by atoms with Gasteiger partial charge in [0.2, 0.25) is 0 Å². The quantitative estimate of drug-likeness (QED) is 0.633. The summed E-state index contributed by atoms with van der Waals surface area (Å²) in [5.41, 5.74) is 1.33. The molecular formula is C8H20OP+. The maximum Gasteiger partial charge on any atom is 0.154 e. The minimum absolute atomic E-state index is 0.405. The van der Waals surface area contributed by atoms with Crippen molar-refractivity contribution in [3.8, 4) is 0 Å². The molecule has 0 aliphatic carbocycles. The average Bonchev–Trinajstić information content (AvgIpc) is 1.85. The predicted octanol–water partition coefficient (Wildman–Crippen LogP) is 2.40. The van der Waals surface area contributed by atoms with E-state index in [0.717, 1.165) is 0 Å². The Morgan fingerprint density at radius 1 is 1.10 bits per heavy atom. The summed E-state index contributed by atoms with van der Waals surface area (Å²) in [7, 11) is -1.04. The number of hydrogen-bond acceptors (Lipinski definition) is 1. The van der Waals surface area contributed by atoms with E-state index >= 15 is 0 Å². The largest absolute Gasteiger partial charge is 0.362 e. The van der Waals surface area contributed by atoms with E-state index in [1.165, 1.54) is 0 Å². The number of hydrogen-bond donors (Lipinski definition) is 1. The Bertz CT molecular complexity index is 91.4. The van der Waals surface area contributed by atoms with Crippen LogP contribution in [0, 0.1) is 0 Å². The van der Waals surface area contributed by atoms with Crippen molar-refractivity contribution in [1.29, 1.82) is 0 Å². The van der Waals surface area contributed by atoms with Gasteiger partial charge in [0.25, 0.3) is 0 Å². The Morgan fingerprint density at radius 3 is 1.40 bits per heavy atom. The fraction of sp³-hybridized carbons (Fsp3) is 1.00. The molecule has 0 rings (SSSR count). The van der Waals surface area contributed by atoms with Gasteiger partial charge in [-0.25, -0.2) is 0 Å². The lowest BCUT2D eigenvalue weighted by Crippen LogP contribution is -2.17. The van der Waals surface area contributed by atoms with Crippen LogP contribution in [-0.4, -0.2) is 29.4 Å². The standard InChI is InChI=1S/C8H20OP/c1-7(2)10(5,6-9)8(3)4/h7-9H,6H2,1-5H3/q+1. The molecule has 0 atom stereocenters. The molecule has 1 nitrogen and oxygen atoms in total. The second-order valence-electron chi connectivity index (χ2n) is 3.68. The molecule has 0 aromatic rings. The maximum atomic E-state index is 9.18. The lowest BCUT2D eigenvalue weighted by molar-refractivity contribution is 0.365. The van der Waals surface area contributed by atoms with Gasteiger partial charge in [0.15, 0.2) is 6.35 Å². The fourth-order valence-corrected chi connectivity index (χ4v) is 2.77. The molecule has 0 aliphatic heterocycles. The van der Waals surface area contributed by atoms with Crippen LogP contribution in [0.25, 0.3) is 0 Å². The van der Waals surface area contributed by atoms with Gasteiger partial charge in [-0.15, -0.1) is 0 Å². The Labute approximate surface area is 65.2 Å². The SMILES string of the molecule is CC(C)[P+](C)(CO)C(C)C. The van der Waals surface area contributed by atoms with Crippen LogP contribution < -0.4 is 0 Å². The summed E-state index contributed by atoms with van der Waals surface area (Å²) in [6.07, 6.45) is 0.405. The Hall–Kier alpha value is 0.390. The molecule has 0 fully saturated rings. The van der Waals surface area contributed by atoms with Crippen molar-refractivity contribution >= 4 is 7.26 Å². The third-order valence-corrected chi connectivity index (χ3v) is 7.99. The van der Waals surface area contributed by atoms with Crippen LogP contribution in [0.1, 0.15) is 27.7 Å². The number of aliphatic hydroxyl groups is 1. The first kappa shape index (κ1) is 10.4. The zero-order valence-corrected chi connectivity index (χ0v) is 8.65. The Morgan fingerprint density at radius 2 is 1.40 bits per heavy atom. The zero-order chi connectivity index (χ0) is 8.36. The van der Waals surface area contributed by atoms with Crippen molar-refractivity contribution in [2.24, 2.45) is 0 Å². The predicted molar refractivity (Wildman–Crippen MR) is 50.2 cm³/mol. The van der Waals surface area contributed by atoms with Gasteiger partial charge in [-0.05, 0) is 27.7 Å². The highest BCUT2D eigenvalue weighted by Crippen LogP contribution is 2.62. The van der Waals surface area contributed by atoms with Crippen molar-refractivity contribution < 1.29 is 5.11 Å². The Balaban J connectivity index is 4.23. The fourth-order valence-electron chi connectivity index (χ4n) is 0.923. The highest BCUT2D eigenvalue weighted by molar-refractivity contribution is 7.76.